The minimum Gasteiger partial charge on any atom is -0.353 e. The third-order valence-corrected chi connectivity index (χ3v) is 6.27. The van der Waals surface area contributed by atoms with Gasteiger partial charge in [-0.15, -0.1) is 11.3 Å². The van der Waals surface area contributed by atoms with Gasteiger partial charge in [-0.2, -0.15) is 5.10 Å². The van der Waals surface area contributed by atoms with Gasteiger partial charge in [-0.05, 0) is 57.5 Å². The molecule has 0 fully saturated rings. The van der Waals surface area contributed by atoms with E-state index in [2.05, 4.69) is 15.4 Å². The largest absolute Gasteiger partial charge is 0.353 e. The van der Waals surface area contributed by atoms with E-state index in [0.29, 0.717) is 33.3 Å². The van der Waals surface area contributed by atoms with E-state index in [0.717, 1.165) is 12.1 Å². The lowest BCUT2D eigenvalue weighted by Gasteiger charge is -2.11. The van der Waals surface area contributed by atoms with Crippen molar-refractivity contribution in [2.75, 3.05) is 0 Å². The summed E-state index contributed by atoms with van der Waals surface area (Å²) in [6, 6.07) is 7.87. The molecule has 1 atom stereocenters. The van der Waals surface area contributed by atoms with Gasteiger partial charge in [0, 0.05) is 22.8 Å². The maximum Gasteiger partial charge on any atom is 0.268 e. The zero-order valence-corrected chi connectivity index (χ0v) is 19.2. The van der Waals surface area contributed by atoms with Crippen LogP contribution in [0.4, 0.5) is 4.39 Å². The normalized spacial score (nSPS) is 12.3. The van der Waals surface area contributed by atoms with Gasteiger partial charge in [0.2, 0.25) is 5.91 Å². The molecule has 0 aliphatic heterocycles. The van der Waals surface area contributed by atoms with Crippen molar-refractivity contribution in [3.63, 3.8) is 0 Å². The molecule has 7 nitrogen and oxygen atoms in total. The van der Waals surface area contributed by atoms with E-state index in [9.17, 15) is 14.0 Å². The van der Waals surface area contributed by atoms with Gasteiger partial charge in [-0.1, -0.05) is 6.92 Å². The number of rotatable bonds is 6. The van der Waals surface area contributed by atoms with Gasteiger partial charge in [0.1, 0.15) is 11.5 Å². The monoisotopic (exact) mass is 453 g/mol. The van der Waals surface area contributed by atoms with Crippen LogP contribution in [0.25, 0.3) is 21.9 Å². The lowest BCUT2D eigenvalue weighted by atomic mass is 10.1. The summed E-state index contributed by atoms with van der Waals surface area (Å²) >= 11 is 1.33. The van der Waals surface area contributed by atoms with Crippen molar-refractivity contribution in [3.8, 4) is 16.9 Å². The van der Waals surface area contributed by atoms with Crippen molar-refractivity contribution in [1.29, 1.82) is 0 Å². The molecule has 1 aromatic carbocycles. The minimum atomic E-state index is -0.329. The van der Waals surface area contributed by atoms with Crippen LogP contribution in [-0.4, -0.2) is 31.1 Å². The Balaban J connectivity index is 1.77. The maximum atomic E-state index is 13.5. The highest BCUT2D eigenvalue weighted by Crippen LogP contribution is 2.23. The predicted molar refractivity (Wildman–Crippen MR) is 123 cm³/mol. The number of carbonyl (C=O) groups is 1. The van der Waals surface area contributed by atoms with Crippen LogP contribution < -0.4 is 10.9 Å². The molecule has 3 aromatic heterocycles. The Hall–Kier alpha value is -3.33. The topological polar surface area (TPSA) is 81.3 Å². The summed E-state index contributed by atoms with van der Waals surface area (Å²) in [5.41, 5.74) is 3.26. The van der Waals surface area contributed by atoms with Gasteiger partial charge in [0.15, 0.2) is 4.96 Å². The van der Waals surface area contributed by atoms with Crippen LogP contribution in [0.5, 0.6) is 0 Å². The van der Waals surface area contributed by atoms with Gasteiger partial charge >= 0.3 is 0 Å². The first-order chi connectivity index (χ1) is 15.3. The molecule has 1 amide bonds. The molecule has 1 N–H and O–H groups in total. The number of amides is 1. The first kappa shape index (κ1) is 21.9. The molecule has 0 aliphatic carbocycles. The van der Waals surface area contributed by atoms with E-state index >= 15 is 0 Å². The van der Waals surface area contributed by atoms with Gasteiger partial charge in [-0.25, -0.2) is 14.1 Å². The van der Waals surface area contributed by atoms with E-state index in [1.54, 1.807) is 29.1 Å². The molecular formula is C23H24FN5O2S. The lowest BCUT2D eigenvalue weighted by Crippen LogP contribution is -2.34. The molecule has 166 valence electrons. The molecular weight excluding hydrogens is 429 g/mol. The van der Waals surface area contributed by atoms with E-state index in [-0.39, 0.29) is 29.7 Å². The number of hydrogen-bond acceptors (Lipinski definition) is 5. The summed E-state index contributed by atoms with van der Waals surface area (Å²) in [5.74, 6) is -0.464. The Morgan fingerprint density at radius 3 is 2.66 bits per heavy atom. The summed E-state index contributed by atoms with van der Waals surface area (Å²) in [7, 11) is 0. The quantitative estimate of drug-likeness (QED) is 0.481. The number of aromatic nitrogens is 4. The number of nitrogens with one attached hydrogen (secondary N) is 1. The van der Waals surface area contributed by atoms with Gasteiger partial charge in [0.25, 0.3) is 5.56 Å². The van der Waals surface area contributed by atoms with Crippen molar-refractivity contribution in [2.45, 2.75) is 46.6 Å². The summed E-state index contributed by atoms with van der Waals surface area (Å²) in [4.78, 5) is 31.0. The molecule has 0 bridgehead atoms. The molecule has 9 heteroatoms. The second-order valence-corrected chi connectivity index (χ2v) is 8.67. The first-order valence-electron chi connectivity index (χ1n) is 10.4. The summed E-state index contributed by atoms with van der Waals surface area (Å²) in [5, 5.41) is 9.33. The van der Waals surface area contributed by atoms with E-state index < -0.39 is 0 Å². The van der Waals surface area contributed by atoms with Crippen LogP contribution in [-0.2, 0) is 11.2 Å². The fraction of sp³-hybridized carbons (Fsp3) is 0.304. The highest BCUT2D eigenvalue weighted by molar-refractivity contribution is 7.15. The Labute approximate surface area is 188 Å². The number of nitrogens with zero attached hydrogens (tertiary/aromatic N) is 4. The Bertz CT molecular complexity index is 1350. The third-order valence-electron chi connectivity index (χ3n) is 5.40. The number of fused-ring (bicyclic) bond motifs is 1. The highest BCUT2D eigenvalue weighted by atomic mass is 32.1. The molecule has 4 aromatic rings. The molecule has 32 heavy (non-hydrogen) atoms. The number of hydrogen-bond donors (Lipinski definition) is 1. The fourth-order valence-corrected chi connectivity index (χ4v) is 4.48. The van der Waals surface area contributed by atoms with Crippen LogP contribution in [0, 0.1) is 19.7 Å². The first-order valence-corrected chi connectivity index (χ1v) is 11.3. The second kappa shape index (κ2) is 8.66. The van der Waals surface area contributed by atoms with Gasteiger partial charge < -0.3 is 5.32 Å². The van der Waals surface area contributed by atoms with Crippen molar-refractivity contribution >= 4 is 22.2 Å². The zero-order chi connectivity index (χ0) is 23.0. The fourth-order valence-electron chi connectivity index (χ4n) is 3.56. The van der Waals surface area contributed by atoms with Crippen molar-refractivity contribution in [2.24, 2.45) is 0 Å². The number of benzene rings is 1. The minimum absolute atomic E-state index is 0.0680. The average Bonchev–Trinajstić information content (AvgIpc) is 3.32. The SMILES string of the molecule is CC[C@H](C)NC(=O)Cc1csc2nc(C)c(-c3cc(C)n(-c4ccc(F)cc4)n3)c(=O)n12. The van der Waals surface area contributed by atoms with Gasteiger partial charge in [-0.3, -0.25) is 14.0 Å². The Morgan fingerprint density at radius 2 is 1.97 bits per heavy atom. The highest BCUT2D eigenvalue weighted by Gasteiger charge is 2.20. The van der Waals surface area contributed by atoms with E-state index in [1.807, 2.05) is 26.8 Å². The predicted octanol–water partition coefficient (Wildman–Crippen LogP) is 3.82. The molecule has 3 heterocycles. The lowest BCUT2D eigenvalue weighted by molar-refractivity contribution is -0.121. The van der Waals surface area contributed by atoms with Crippen molar-refractivity contribution in [1.82, 2.24) is 24.5 Å². The molecule has 4 rings (SSSR count). The smallest absolute Gasteiger partial charge is 0.268 e. The Kier molecular flexibility index (Phi) is 5.92. The second-order valence-electron chi connectivity index (χ2n) is 7.84. The molecule has 0 saturated carbocycles. The van der Waals surface area contributed by atoms with Crippen LogP contribution in [0.2, 0.25) is 0 Å². The van der Waals surface area contributed by atoms with Crippen LogP contribution in [0.1, 0.15) is 37.4 Å². The van der Waals surface area contributed by atoms with Crippen LogP contribution in [0.15, 0.2) is 40.5 Å². The summed E-state index contributed by atoms with van der Waals surface area (Å²) < 4.78 is 16.5. The molecule has 0 radical (unpaired) electrons. The molecule has 0 aliphatic rings. The number of aryl methyl sites for hydroxylation is 2. The van der Waals surface area contributed by atoms with Crippen LogP contribution >= 0.6 is 11.3 Å². The zero-order valence-electron chi connectivity index (χ0n) is 18.3. The number of halogens is 1. The van der Waals surface area contributed by atoms with Crippen molar-refractivity contribution in [3.05, 3.63) is 69.0 Å². The summed E-state index contributed by atoms with van der Waals surface area (Å²) in [6.45, 7) is 7.59. The number of thiazole rings is 1. The van der Waals surface area contributed by atoms with Crippen LogP contribution in [0.3, 0.4) is 0 Å². The maximum absolute atomic E-state index is 13.5. The standard InChI is InChI=1S/C23H24FN5O2S/c1-5-13(2)25-20(30)11-18-12-32-23-26-15(4)21(22(31)28(18)23)19-10-14(3)29(27-19)17-8-6-16(24)7-9-17/h6-10,12-13H,5,11H2,1-4H3,(H,25,30)/t13-/m0/s1. The molecule has 0 spiro atoms. The average molecular weight is 454 g/mol. The van der Waals surface area contributed by atoms with Gasteiger partial charge in [0.05, 0.1) is 23.4 Å². The molecule has 0 saturated heterocycles. The van der Waals surface area contributed by atoms with E-state index in [1.165, 1.54) is 27.9 Å². The third kappa shape index (κ3) is 4.08. The van der Waals surface area contributed by atoms with Crippen molar-refractivity contribution < 1.29 is 9.18 Å². The summed E-state index contributed by atoms with van der Waals surface area (Å²) in [6.07, 6.45) is 0.925. The molecule has 0 unspecified atom stereocenters. The number of carbonyl (C=O) groups excluding carboxylic acids is 1. The van der Waals surface area contributed by atoms with E-state index in [4.69, 9.17) is 0 Å². The Morgan fingerprint density at radius 1 is 1.25 bits per heavy atom.